The largest absolute Gasteiger partial charge is 0.463 e. The third kappa shape index (κ3) is 11.3. The van der Waals surface area contributed by atoms with E-state index in [2.05, 4.69) is 5.32 Å². The molecule has 0 spiro atoms. The van der Waals surface area contributed by atoms with Gasteiger partial charge in [0.05, 0.1) is 0 Å². The lowest BCUT2D eigenvalue weighted by Crippen LogP contribution is -2.50. The summed E-state index contributed by atoms with van der Waals surface area (Å²) >= 11 is 0. The fraction of sp³-hybridized carbons (Fsp3) is 0.765. The van der Waals surface area contributed by atoms with Crippen molar-refractivity contribution in [2.45, 2.75) is 65.7 Å². The molecule has 1 atom stereocenters. The van der Waals surface area contributed by atoms with E-state index in [1.807, 2.05) is 0 Å². The molecule has 0 radical (unpaired) electrons. The Morgan fingerprint density at radius 2 is 1.46 bits per heavy atom. The first-order valence-electron chi connectivity index (χ1n) is 8.20. The zero-order valence-corrected chi connectivity index (χ0v) is 16.8. The Morgan fingerprint density at radius 3 is 1.88 bits per heavy atom. The van der Waals surface area contributed by atoms with Crippen LogP contribution in [0, 0.1) is 0 Å². The summed E-state index contributed by atoms with van der Waals surface area (Å²) in [6, 6.07) is -1.18. The van der Waals surface area contributed by atoms with E-state index in [0.29, 0.717) is 0 Å². The first-order valence-corrected chi connectivity index (χ1v) is 8.20. The molecule has 2 amide bonds. The molecule has 9 heteroatoms. The lowest BCUT2D eigenvalue weighted by molar-refractivity contribution is -0.161. The van der Waals surface area contributed by atoms with Gasteiger partial charge in [0.25, 0.3) is 0 Å². The first kappa shape index (κ1) is 23.7. The summed E-state index contributed by atoms with van der Waals surface area (Å²) in [7, 11) is 1.39. The van der Waals surface area contributed by atoms with Crippen LogP contribution in [-0.4, -0.2) is 66.3 Å². The van der Waals surface area contributed by atoms with Gasteiger partial charge in [0.1, 0.15) is 24.4 Å². The van der Waals surface area contributed by atoms with E-state index >= 15 is 0 Å². The number of hydrogen-bond donors (Lipinski definition) is 1. The van der Waals surface area contributed by atoms with Crippen molar-refractivity contribution in [2.24, 2.45) is 0 Å². The number of ether oxygens (including phenoxy) is 3. The van der Waals surface area contributed by atoms with Crippen LogP contribution in [0.5, 0.6) is 0 Å². The third-order valence-corrected chi connectivity index (χ3v) is 2.57. The molecule has 9 nitrogen and oxygen atoms in total. The molecule has 1 N–H and O–H groups in total. The summed E-state index contributed by atoms with van der Waals surface area (Å²) < 4.78 is 15.1. The van der Waals surface area contributed by atoms with Gasteiger partial charge < -0.3 is 24.4 Å². The monoisotopic (exact) mass is 374 g/mol. The van der Waals surface area contributed by atoms with Gasteiger partial charge >= 0.3 is 18.0 Å². The van der Waals surface area contributed by atoms with Crippen LogP contribution in [0.4, 0.5) is 4.79 Å². The van der Waals surface area contributed by atoms with E-state index in [-0.39, 0.29) is 13.2 Å². The standard InChI is InChI=1S/C17H30N2O7/c1-11(20)24-10-12(14(22)25-16(2,3)4)18-13(21)9-19(8)15(23)26-17(5,6)7/h12H,9-10H2,1-8H3,(H,18,21)/t12-/m0/s1. The van der Waals surface area contributed by atoms with Gasteiger partial charge in [0, 0.05) is 14.0 Å². The maximum atomic E-state index is 12.2. The third-order valence-electron chi connectivity index (χ3n) is 2.57. The minimum absolute atomic E-state index is 0.339. The van der Waals surface area contributed by atoms with Crippen molar-refractivity contribution in [1.29, 1.82) is 0 Å². The van der Waals surface area contributed by atoms with Crippen molar-refractivity contribution < 1.29 is 33.4 Å². The predicted molar refractivity (Wildman–Crippen MR) is 93.3 cm³/mol. The molecule has 0 aliphatic rings. The molecular weight excluding hydrogens is 344 g/mol. The Balaban J connectivity index is 4.87. The smallest absolute Gasteiger partial charge is 0.410 e. The number of carbonyl (C=O) groups excluding carboxylic acids is 4. The summed E-state index contributed by atoms with van der Waals surface area (Å²) in [5.74, 6) is -1.97. The second-order valence-corrected chi connectivity index (χ2v) is 7.79. The highest BCUT2D eigenvalue weighted by Gasteiger charge is 2.29. The lowest BCUT2D eigenvalue weighted by atomic mass is 10.2. The van der Waals surface area contributed by atoms with E-state index < -0.39 is 41.2 Å². The second-order valence-electron chi connectivity index (χ2n) is 7.79. The number of amides is 2. The second kappa shape index (κ2) is 9.40. The van der Waals surface area contributed by atoms with Crippen molar-refractivity contribution in [3.8, 4) is 0 Å². The van der Waals surface area contributed by atoms with Crippen molar-refractivity contribution >= 4 is 23.9 Å². The van der Waals surface area contributed by atoms with Crippen LogP contribution in [0.3, 0.4) is 0 Å². The van der Waals surface area contributed by atoms with E-state index in [9.17, 15) is 19.2 Å². The molecule has 0 saturated heterocycles. The van der Waals surface area contributed by atoms with Crippen LogP contribution in [0.25, 0.3) is 0 Å². The molecule has 0 bridgehead atoms. The molecule has 0 aliphatic carbocycles. The van der Waals surface area contributed by atoms with Gasteiger partial charge in [-0.05, 0) is 41.5 Å². The molecule has 0 aromatic rings. The summed E-state index contributed by atoms with van der Waals surface area (Å²) in [6.45, 7) is 10.6. The van der Waals surface area contributed by atoms with Gasteiger partial charge in [-0.2, -0.15) is 0 Å². The molecule has 0 heterocycles. The van der Waals surface area contributed by atoms with Gasteiger partial charge in [0.15, 0.2) is 6.04 Å². The molecule has 0 saturated carbocycles. The highest BCUT2D eigenvalue weighted by Crippen LogP contribution is 2.10. The number of rotatable bonds is 6. The van der Waals surface area contributed by atoms with Crippen molar-refractivity contribution in [3.63, 3.8) is 0 Å². The van der Waals surface area contributed by atoms with Gasteiger partial charge in [-0.3, -0.25) is 9.59 Å². The zero-order valence-electron chi connectivity index (χ0n) is 16.8. The Hall–Kier alpha value is -2.32. The first-order chi connectivity index (χ1) is 11.6. The van der Waals surface area contributed by atoms with Gasteiger partial charge in [0.2, 0.25) is 5.91 Å². The lowest BCUT2D eigenvalue weighted by Gasteiger charge is -2.26. The minimum Gasteiger partial charge on any atom is -0.463 e. The number of esters is 2. The van der Waals surface area contributed by atoms with Crippen LogP contribution in [0.15, 0.2) is 0 Å². The maximum absolute atomic E-state index is 12.2. The van der Waals surface area contributed by atoms with Crippen molar-refractivity contribution in [2.75, 3.05) is 20.2 Å². The molecule has 0 aromatic heterocycles. The summed E-state index contributed by atoms with van der Waals surface area (Å²) in [5.41, 5.74) is -1.47. The highest BCUT2D eigenvalue weighted by atomic mass is 16.6. The molecule has 26 heavy (non-hydrogen) atoms. The Kier molecular flexibility index (Phi) is 8.56. The predicted octanol–water partition coefficient (Wildman–Crippen LogP) is 1.24. The van der Waals surface area contributed by atoms with Crippen LogP contribution in [0.1, 0.15) is 48.5 Å². The van der Waals surface area contributed by atoms with E-state index in [1.165, 1.54) is 14.0 Å². The highest BCUT2D eigenvalue weighted by molar-refractivity contribution is 5.87. The van der Waals surface area contributed by atoms with Crippen LogP contribution < -0.4 is 5.32 Å². The molecule has 0 rings (SSSR count). The van der Waals surface area contributed by atoms with Crippen LogP contribution in [0.2, 0.25) is 0 Å². The molecule has 0 fully saturated rings. The Morgan fingerprint density at radius 1 is 0.962 bits per heavy atom. The summed E-state index contributed by atoms with van der Waals surface area (Å²) in [6.07, 6.45) is -0.679. The SMILES string of the molecule is CC(=O)OC[C@H](NC(=O)CN(C)C(=O)OC(C)(C)C)C(=O)OC(C)(C)C. The molecule has 0 unspecified atom stereocenters. The van der Waals surface area contributed by atoms with Crippen molar-refractivity contribution in [3.05, 3.63) is 0 Å². The average Bonchev–Trinajstić information content (AvgIpc) is 2.39. The fourth-order valence-electron chi connectivity index (χ4n) is 1.60. The number of nitrogens with one attached hydrogen (secondary N) is 1. The molecular formula is C17H30N2O7. The molecule has 0 aliphatic heterocycles. The average molecular weight is 374 g/mol. The molecule has 150 valence electrons. The van der Waals surface area contributed by atoms with Gasteiger partial charge in [-0.15, -0.1) is 0 Å². The summed E-state index contributed by atoms with van der Waals surface area (Å²) in [4.78, 5) is 48.3. The van der Waals surface area contributed by atoms with E-state index in [4.69, 9.17) is 14.2 Å². The normalized spacial score (nSPS) is 12.6. The number of carbonyl (C=O) groups is 4. The van der Waals surface area contributed by atoms with Crippen LogP contribution >= 0.6 is 0 Å². The van der Waals surface area contributed by atoms with Gasteiger partial charge in [-0.25, -0.2) is 9.59 Å². The van der Waals surface area contributed by atoms with E-state index in [1.54, 1.807) is 41.5 Å². The number of likely N-dealkylation sites (N-methyl/N-ethyl adjacent to an activating group) is 1. The molecule has 0 aromatic carbocycles. The minimum atomic E-state index is -1.18. The Bertz CT molecular complexity index is 532. The Labute approximate surface area is 154 Å². The number of hydrogen-bond acceptors (Lipinski definition) is 7. The summed E-state index contributed by atoms with van der Waals surface area (Å²) in [5, 5.41) is 2.40. The van der Waals surface area contributed by atoms with Gasteiger partial charge in [-0.1, -0.05) is 0 Å². The fourth-order valence-corrected chi connectivity index (χ4v) is 1.60. The number of nitrogens with zero attached hydrogens (tertiary/aromatic N) is 1. The van der Waals surface area contributed by atoms with Crippen LogP contribution in [-0.2, 0) is 28.6 Å². The topological polar surface area (TPSA) is 111 Å². The maximum Gasteiger partial charge on any atom is 0.410 e. The zero-order chi connectivity index (χ0) is 20.7. The van der Waals surface area contributed by atoms with E-state index in [0.717, 1.165) is 4.90 Å². The quantitative estimate of drug-likeness (QED) is 0.550. The van der Waals surface area contributed by atoms with Crippen molar-refractivity contribution in [1.82, 2.24) is 10.2 Å².